The van der Waals surface area contributed by atoms with Crippen molar-refractivity contribution in [2.24, 2.45) is 0 Å². The minimum atomic E-state index is -0.254. The van der Waals surface area contributed by atoms with E-state index in [0.717, 1.165) is 50.2 Å². The fourth-order valence-corrected chi connectivity index (χ4v) is 3.79. The van der Waals surface area contributed by atoms with Crippen LogP contribution in [0, 0.1) is 0 Å². The van der Waals surface area contributed by atoms with Crippen molar-refractivity contribution in [1.82, 2.24) is 30.4 Å². The number of rotatable bonds is 4. The summed E-state index contributed by atoms with van der Waals surface area (Å²) in [5.74, 6) is 1.26. The molecule has 2 amide bonds. The molecule has 2 aromatic rings. The third-order valence-corrected chi connectivity index (χ3v) is 5.23. The van der Waals surface area contributed by atoms with Crippen LogP contribution in [0.5, 0.6) is 0 Å². The molecule has 8 heteroatoms. The van der Waals surface area contributed by atoms with Gasteiger partial charge in [-0.05, 0) is 64.1 Å². The summed E-state index contributed by atoms with van der Waals surface area (Å²) in [6, 6.07) is 1.89. The predicted octanol–water partition coefficient (Wildman–Crippen LogP) is 2.88. The lowest BCUT2D eigenvalue weighted by atomic mass is 9.94. The first-order chi connectivity index (χ1) is 13.1. The zero-order valence-corrected chi connectivity index (χ0v) is 15.9. The standard InChI is InChI=1S/C19H27N7O/c1-12(2)26-11-13-5-3-6-14(17(13)25-26)22-19(27)24-16-8-10-21-18(23-16)15-7-4-9-20-15/h8,10-12,14-15,20H,3-7,9H2,1-2H3,(H2,21,22,23,24,27). The number of fused-ring (bicyclic) bond motifs is 1. The maximum atomic E-state index is 12.5. The summed E-state index contributed by atoms with van der Waals surface area (Å²) in [6.07, 6.45) is 8.92. The van der Waals surface area contributed by atoms with E-state index in [4.69, 9.17) is 5.10 Å². The van der Waals surface area contributed by atoms with Gasteiger partial charge < -0.3 is 10.6 Å². The number of hydrogen-bond acceptors (Lipinski definition) is 5. The fourth-order valence-electron chi connectivity index (χ4n) is 3.79. The van der Waals surface area contributed by atoms with E-state index in [-0.39, 0.29) is 18.1 Å². The number of carbonyl (C=O) groups excluding carboxylic acids is 1. The molecule has 144 valence electrons. The van der Waals surface area contributed by atoms with Gasteiger partial charge in [0.25, 0.3) is 0 Å². The SMILES string of the molecule is CC(C)n1cc2c(n1)C(NC(=O)Nc1ccnc(C3CCCN3)n1)CCC2. The molecule has 1 fully saturated rings. The molecule has 0 aromatic carbocycles. The molecule has 1 aliphatic heterocycles. The summed E-state index contributed by atoms with van der Waals surface area (Å²) >= 11 is 0. The topological polar surface area (TPSA) is 96.8 Å². The van der Waals surface area contributed by atoms with Crippen LogP contribution < -0.4 is 16.0 Å². The Morgan fingerprint density at radius 3 is 3.00 bits per heavy atom. The molecule has 2 atom stereocenters. The number of aryl methyl sites for hydroxylation is 1. The van der Waals surface area contributed by atoms with Gasteiger partial charge in [0.05, 0.1) is 17.8 Å². The van der Waals surface area contributed by atoms with Gasteiger partial charge in [0.1, 0.15) is 11.6 Å². The van der Waals surface area contributed by atoms with Crippen LogP contribution in [-0.4, -0.2) is 32.3 Å². The average molecular weight is 369 g/mol. The maximum absolute atomic E-state index is 12.5. The van der Waals surface area contributed by atoms with E-state index in [9.17, 15) is 4.79 Å². The number of nitrogens with one attached hydrogen (secondary N) is 3. The second-order valence-corrected chi connectivity index (χ2v) is 7.61. The van der Waals surface area contributed by atoms with Crippen molar-refractivity contribution in [2.75, 3.05) is 11.9 Å². The lowest BCUT2D eigenvalue weighted by Crippen LogP contribution is -2.35. The summed E-state index contributed by atoms with van der Waals surface area (Å²) < 4.78 is 1.98. The minimum Gasteiger partial charge on any atom is -0.329 e. The highest BCUT2D eigenvalue weighted by molar-refractivity contribution is 5.88. The highest BCUT2D eigenvalue weighted by Gasteiger charge is 2.26. The molecule has 27 heavy (non-hydrogen) atoms. The third kappa shape index (κ3) is 3.95. The number of aromatic nitrogens is 4. The first-order valence-corrected chi connectivity index (χ1v) is 9.82. The lowest BCUT2D eigenvalue weighted by molar-refractivity contribution is 0.246. The predicted molar refractivity (Wildman–Crippen MR) is 102 cm³/mol. The molecule has 2 aliphatic rings. The number of hydrogen-bond donors (Lipinski definition) is 3. The zero-order valence-electron chi connectivity index (χ0n) is 15.9. The number of nitrogens with zero attached hydrogens (tertiary/aromatic N) is 4. The smallest absolute Gasteiger partial charge is 0.320 e. The molecule has 0 saturated carbocycles. The molecule has 2 unspecified atom stereocenters. The number of urea groups is 1. The van der Waals surface area contributed by atoms with Crippen LogP contribution in [-0.2, 0) is 6.42 Å². The Kier molecular flexibility index (Phi) is 5.07. The van der Waals surface area contributed by atoms with E-state index in [1.807, 2.05) is 4.68 Å². The van der Waals surface area contributed by atoms with E-state index in [2.05, 4.69) is 46.0 Å². The van der Waals surface area contributed by atoms with Crippen molar-refractivity contribution in [3.8, 4) is 0 Å². The molecule has 4 rings (SSSR count). The maximum Gasteiger partial charge on any atom is 0.320 e. The van der Waals surface area contributed by atoms with Crippen LogP contribution in [0.2, 0.25) is 0 Å². The van der Waals surface area contributed by atoms with Crippen molar-refractivity contribution in [1.29, 1.82) is 0 Å². The van der Waals surface area contributed by atoms with Crippen molar-refractivity contribution in [3.05, 3.63) is 35.5 Å². The largest absolute Gasteiger partial charge is 0.329 e. The summed E-state index contributed by atoms with van der Waals surface area (Å²) in [7, 11) is 0. The Labute approximate surface area is 159 Å². The van der Waals surface area contributed by atoms with Crippen molar-refractivity contribution >= 4 is 11.8 Å². The quantitative estimate of drug-likeness (QED) is 0.770. The molecular weight excluding hydrogens is 342 g/mol. The van der Waals surface area contributed by atoms with Gasteiger partial charge in [0, 0.05) is 18.4 Å². The Balaban J connectivity index is 1.42. The lowest BCUT2D eigenvalue weighted by Gasteiger charge is -2.22. The van der Waals surface area contributed by atoms with Crippen LogP contribution in [0.15, 0.2) is 18.5 Å². The van der Waals surface area contributed by atoms with Gasteiger partial charge in [-0.15, -0.1) is 0 Å². The molecule has 1 aliphatic carbocycles. The Morgan fingerprint density at radius 1 is 1.33 bits per heavy atom. The highest BCUT2D eigenvalue weighted by Crippen LogP contribution is 2.29. The summed E-state index contributed by atoms with van der Waals surface area (Å²) in [6.45, 7) is 5.21. The molecule has 1 saturated heterocycles. The van der Waals surface area contributed by atoms with Gasteiger partial charge in [0.15, 0.2) is 0 Å². The molecule has 3 N–H and O–H groups in total. The van der Waals surface area contributed by atoms with Crippen LogP contribution >= 0.6 is 0 Å². The van der Waals surface area contributed by atoms with Crippen molar-refractivity contribution < 1.29 is 4.79 Å². The van der Waals surface area contributed by atoms with Crippen LogP contribution in [0.1, 0.15) is 74.7 Å². The van der Waals surface area contributed by atoms with Crippen LogP contribution in [0.4, 0.5) is 10.6 Å². The Bertz CT molecular complexity index is 810. The number of carbonyl (C=O) groups is 1. The first-order valence-electron chi connectivity index (χ1n) is 9.82. The summed E-state index contributed by atoms with van der Waals surface area (Å²) in [4.78, 5) is 21.4. The van der Waals surface area contributed by atoms with Crippen molar-refractivity contribution in [3.63, 3.8) is 0 Å². The van der Waals surface area contributed by atoms with Crippen LogP contribution in [0.3, 0.4) is 0 Å². The van der Waals surface area contributed by atoms with Gasteiger partial charge in [-0.2, -0.15) is 5.10 Å². The molecule has 3 heterocycles. The van der Waals surface area contributed by atoms with Gasteiger partial charge >= 0.3 is 6.03 Å². The van der Waals surface area contributed by atoms with Gasteiger partial charge in [-0.3, -0.25) is 10.00 Å². The highest BCUT2D eigenvalue weighted by atomic mass is 16.2. The molecule has 2 aromatic heterocycles. The second kappa shape index (κ2) is 7.64. The molecule has 8 nitrogen and oxygen atoms in total. The molecule has 0 radical (unpaired) electrons. The monoisotopic (exact) mass is 369 g/mol. The average Bonchev–Trinajstić information content (AvgIpc) is 3.32. The van der Waals surface area contributed by atoms with E-state index in [0.29, 0.717) is 11.9 Å². The molecule has 0 bridgehead atoms. The molecular formula is C19H27N7O. The fraction of sp³-hybridized carbons (Fsp3) is 0.579. The van der Waals surface area contributed by atoms with E-state index < -0.39 is 0 Å². The zero-order chi connectivity index (χ0) is 18.8. The Hall–Kier alpha value is -2.48. The Morgan fingerprint density at radius 2 is 2.22 bits per heavy atom. The first kappa shape index (κ1) is 17.9. The van der Waals surface area contributed by atoms with Crippen molar-refractivity contribution in [2.45, 2.75) is 64.1 Å². The summed E-state index contributed by atoms with van der Waals surface area (Å²) in [5, 5.41) is 14.0. The van der Waals surface area contributed by atoms with E-state index in [1.54, 1.807) is 12.3 Å². The minimum absolute atomic E-state index is 0.0634. The van der Waals surface area contributed by atoms with Gasteiger partial charge in [-0.1, -0.05) is 0 Å². The number of anilines is 1. The van der Waals surface area contributed by atoms with E-state index >= 15 is 0 Å². The third-order valence-electron chi connectivity index (χ3n) is 5.23. The van der Waals surface area contributed by atoms with Gasteiger partial charge in [-0.25, -0.2) is 14.8 Å². The van der Waals surface area contributed by atoms with Crippen LogP contribution in [0.25, 0.3) is 0 Å². The normalized spacial score (nSPS) is 21.9. The van der Waals surface area contributed by atoms with Gasteiger partial charge in [0.2, 0.25) is 0 Å². The van der Waals surface area contributed by atoms with E-state index in [1.165, 1.54) is 5.56 Å². The number of amides is 2. The second-order valence-electron chi connectivity index (χ2n) is 7.61. The molecule has 0 spiro atoms. The summed E-state index contributed by atoms with van der Waals surface area (Å²) in [5.41, 5.74) is 2.22.